The van der Waals surface area contributed by atoms with Gasteiger partial charge in [0.25, 0.3) is 0 Å². The summed E-state index contributed by atoms with van der Waals surface area (Å²) in [6.45, 7) is 6.09. The molecule has 0 spiro atoms. The average molecular weight is 381 g/mol. The molecule has 2 heterocycles. The standard InChI is InChI=1S/C19H26F3N5/c20-19(21,22)16-4-3-5-18(14-16)27-12-10-26(11-13-27)9-2-1-7-23-15-17-6-8-24-25-17/h3-6,8,14,23H,1-2,7,9-13,15H2,(H,24,25). The van der Waals surface area contributed by atoms with E-state index in [1.165, 1.54) is 12.1 Å². The van der Waals surface area contributed by atoms with Crippen LogP contribution >= 0.6 is 0 Å². The number of piperazine rings is 1. The Morgan fingerprint density at radius 3 is 2.59 bits per heavy atom. The largest absolute Gasteiger partial charge is 0.416 e. The molecular formula is C19H26F3N5. The molecule has 0 amide bonds. The Balaban J connectivity index is 1.33. The van der Waals surface area contributed by atoms with Gasteiger partial charge in [-0.05, 0) is 50.2 Å². The minimum Gasteiger partial charge on any atom is -0.369 e. The first-order chi connectivity index (χ1) is 13.0. The highest BCUT2D eigenvalue weighted by molar-refractivity contribution is 5.49. The molecule has 0 atom stereocenters. The van der Waals surface area contributed by atoms with Crippen molar-refractivity contribution in [3.63, 3.8) is 0 Å². The van der Waals surface area contributed by atoms with Gasteiger partial charge in [0.05, 0.1) is 5.56 Å². The van der Waals surface area contributed by atoms with E-state index in [9.17, 15) is 13.2 Å². The van der Waals surface area contributed by atoms with Gasteiger partial charge in [-0.2, -0.15) is 18.3 Å². The molecule has 1 saturated heterocycles. The van der Waals surface area contributed by atoms with Crippen molar-refractivity contribution in [1.29, 1.82) is 0 Å². The number of benzene rings is 1. The Morgan fingerprint density at radius 1 is 1.07 bits per heavy atom. The van der Waals surface area contributed by atoms with E-state index < -0.39 is 11.7 Å². The van der Waals surface area contributed by atoms with Crippen LogP contribution in [0, 0.1) is 0 Å². The van der Waals surface area contributed by atoms with Crippen molar-refractivity contribution in [1.82, 2.24) is 20.4 Å². The van der Waals surface area contributed by atoms with E-state index in [0.29, 0.717) is 5.69 Å². The Bertz CT molecular complexity index is 679. The molecule has 8 heteroatoms. The maximum atomic E-state index is 12.9. The number of aromatic amines is 1. The number of hydrogen-bond donors (Lipinski definition) is 2. The van der Waals surface area contributed by atoms with E-state index in [1.54, 1.807) is 12.3 Å². The number of nitrogens with zero attached hydrogens (tertiary/aromatic N) is 3. The molecule has 0 aliphatic carbocycles. The number of rotatable bonds is 8. The number of unbranched alkanes of at least 4 members (excludes halogenated alkanes) is 1. The van der Waals surface area contributed by atoms with Crippen molar-refractivity contribution in [2.75, 3.05) is 44.2 Å². The molecule has 1 aromatic heterocycles. The van der Waals surface area contributed by atoms with E-state index >= 15 is 0 Å². The molecule has 0 bridgehead atoms. The molecule has 3 rings (SSSR count). The summed E-state index contributed by atoms with van der Waals surface area (Å²) in [5.41, 5.74) is 1.17. The maximum absolute atomic E-state index is 12.9. The fourth-order valence-electron chi connectivity index (χ4n) is 3.30. The summed E-state index contributed by atoms with van der Waals surface area (Å²) in [6.07, 6.45) is -0.333. The zero-order chi connectivity index (χ0) is 19.1. The first-order valence-electron chi connectivity index (χ1n) is 9.36. The van der Waals surface area contributed by atoms with Crippen molar-refractivity contribution >= 4 is 5.69 Å². The normalized spacial score (nSPS) is 16.0. The Labute approximate surface area is 157 Å². The van der Waals surface area contributed by atoms with Crippen LogP contribution in [0.5, 0.6) is 0 Å². The van der Waals surface area contributed by atoms with Gasteiger partial charge in [0, 0.05) is 50.3 Å². The summed E-state index contributed by atoms with van der Waals surface area (Å²) in [5, 5.41) is 10.2. The third kappa shape index (κ3) is 5.97. The van der Waals surface area contributed by atoms with Crippen LogP contribution in [-0.4, -0.2) is 54.4 Å². The summed E-state index contributed by atoms with van der Waals surface area (Å²) in [7, 11) is 0. The molecule has 27 heavy (non-hydrogen) atoms. The predicted molar refractivity (Wildman–Crippen MR) is 99.6 cm³/mol. The first-order valence-corrected chi connectivity index (χ1v) is 9.36. The summed E-state index contributed by atoms with van der Waals surface area (Å²) in [6, 6.07) is 7.58. The second kappa shape index (κ2) is 9.23. The van der Waals surface area contributed by atoms with E-state index in [-0.39, 0.29) is 0 Å². The molecule has 2 N–H and O–H groups in total. The molecule has 148 valence electrons. The van der Waals surface area contributed by atoms with Gasteiger partial charge in [-0.3, -0.25) is 10.00 Å². The third-order valence-electron chi connectivity index (χ3n) is 4.86. The van der Waals surface area contributed by atoms with Gasteiger partial charge in [-0.25, -0.2) is 0 Å². The number of hydrogen-bond acceptors (Lipinski definition) is 4. The Morgan fingerprint density at radius 2 is 1.89 bits per heavy atom. The molecule has 0 saturated carbocycles. The lowest BCUT2D eigenvalue weighted by Crippen LogP contribution is -2.46. The van der Waals surface area contributed by atoms with Crippen molar-refractivity contribution < 1.29 is 13.2 Å². The van der Waals surface area contributed by atoms with Crippen molar-refractivity contribution in [2.24, 2.45) is 0 Å². The molecular weight excluding hydrogens is 355 g/mol. The van der Waals surface area contributed by atoms with E-state index in [0.717, 1.165) is 70.4 Å². The quantitative estimate of drug-likeness (QED) is 0.690. The molecule has 1 aliphatic heterocycles. The lowest BCUT2D eigenvalue weighted by molar-refractivity contribution is -0.137. The van der Waals surface area contributed by atoms with Gasteiger partial charge < -0.3 is 10.2 Å². The summed E-state index contributed by atoms with van der Waals surface area (Å²) >= 11 is 0. The van der Waals surface area contributed by atoms with Crippen molar-refractivity contribution in [3.8, 4) is 0 Å². The minimum atomic E-state index is -4.29. The van der Waals surface area contributed by atoms with Crippen LogP contribution in [0.4, 0.5) is 18.9 Å². The zero-order valence-electron chi connectivity index (χ0n) is 15.3. The smallest absolute Gasteiger partial charge is 0.369 e. The maximum Gasteiger partial charge on any atom is 0.416 e. The second-order valence-electron chi connectivity index (χ2n) is 6.84. The molecule has 1 aromatic carbocycles. The number of H-pyrrole nitrogens is 1. The third-order valence-corrected chi connectivity index (χ3v) is 4.86. The first kappa shape index (κ1) is 19.7. The SMILES string of the molecule is FC(F)(F)c1cccc(N2CCN(CCCCNCc3ccn[nH]3)CC2)c1. The summed E-state index contributed by atoms with van der Waals surface area (Å²) < 4.78 is 38.6. The molecule has 0 unspecified atom stereocenters. The predicted octanol–water partition coefficient (Wildman–Crippen LogP) is 3.12. The van der Waals surface area contributed by atoms with Crippen LogP contribution in [0.2, 0.25) is 0 Å². The molecule has 0 radical (unpaired) electrons. The number of anilines is 1. The van der Waals surface area contributed by atoms with Crippen molar-refractivity contribution in [2.45, 2.75) is 25.6 Å². The fraction of sp³-hybridized carbons (Fsp3) is 0.526. The second-order valence-corrected chi connectivity index (χ2v) is 6.84. The molecule has 2 aromatic rings. The van der Waals surface area contributed by atoms with Gasteiger partial charge in [0.2, 0.25) is 0 Å². The van der Waals surface area contributed by atoms with Crippen molar-refractivity contribution in [3.05, 3.63) is 47.8 Å². The topological polar surface area (TPSA) is 47.2 Å². The van der Waals surface area contributed by atoms with Crippen LogP contribution < -0.4 is 10.2 Å². The lowest BCUT2D eigenvalue weighted by Gasteiger charge is -2.36. The highest BCUT2D eigenvalue weighted by atomic mass is 19.4. The number of aromatic nitrogens is 2. The highest BCUT2D eigenvalue weighted by Crippen LogP contribution is 2.31. The van der Waals surface area contributed by atoms with Crippen LogP contribution in [0.1, 0.15) is 24.1 Å². The molecule has 1 aliphatic rings. The van der Waals surface area contributed by atoms with Gasteiger partial charge >= 0.3 is 6.18 Å². The Hall–Kier alpha value is -2.06. The number of halogens is 3. The zero-order valence-corrected chi connectivity index (χ0v) is 15.3. The van der Waals surface area contributed by atoms with Gasteiger partial charge in [-0.15, -0.1) is 0 Å². The monoisotopic (exact) mass is 381 g/mol. The molecule has 5 nitrogen and oxygen atoms in total. The average Bonchev–Trinajstić information content (AvgIpc) is 3.18. The van der Waals surface area contributed by atoms with Gasteiger partial charge in [-0.1, -0.05) is 6.07 Å². The van der Waals surface area contributed by atoms with Crippen LogP contribution in [-0.2, 0) is 12.7 Å². The molecule has 1 fully saturated rings. The van der Waals surface area contributed by atoms with E-state index in [4.69, 9.17) is 0 Å². The lowest BCUT2D eigenvalue weighted by atomic mass is 10.1. The minimum absolute atomic E-state index is 0.579. The Kier molecular flexibility index (Phi) is 6.73. The highest BCUT2D eigenvalue weighted by Gasteiger charge is 2.31. The van der Waals surface area contributed by atoms with Gasteiger partial charge in [0.1, 0.15) is 0 Å². The van der Waals surface area contributed by atoms with Crippen LogP contribution in [0.3, 0.4) is 0 Å². The van der Waals surface area contributed by atoms with Crippen LogP contribution in [0.25, 0.3) is 0 Å². The number of nitrogens with one attached hydrogen (secondary N) is 2. The summed E-state index contributed by atoms with van der Waals surface area (Å²) in [4.78, 5) is 4.43. The number of alkyl halides is 3. The van der Waals surface area contributed by atoms with Gasteiger partial charge in [0.15, 0.2) is 0 Å². The van der Waals surface area contributed by atoms with E-state index in [1.807, 2.05) is 11.0 Å². The van der Waals surface area contributed by atoms with Crippen LogP contribution in [0.15, 0.2) is 36.5 Å². The summed E-state index contributed by atoms with van der Waals surface area (Å²) in [5.74, 6) is 0. The van der Waals surface area contributed by atoms with E-state index in [2.05, 4.69) is 20.4 Å². The fourth-order valence-corrected chi connectivity index (χ4v) is 3.30.